The fourth-order valence-corrected chi connectivity index (χ4v) is 5.04. The molecule has 1 heterocycles. The first kappa shape index (κ1) is 23.9. The minimum atomic E-state index is -0.291. The summed E-state index contributed by atoms with van der Waals surface area (Å²) >= 11 is 7.43. The quantitative estimate of drug-likeness (QED) is 0.214. The van der Waals surface area contributed by atoms with Crippen molar-refractivity contribution < 1.29 is 4.79 Å². The Morgan fingerprint density at radius 1 is 0.861 bits per heavy atom. The second-order valence-electron chi connectivity index (χ2n) is 8.14. The van der Waals surface area contributed by atoms with Crippen LogP contribution in [-0.4, -0.2) is 21.2 Å². The highest BCUT2D eigenvalue weighted by Crippen LogP contribution is 2.25. The number of benzene rings is 4. The summed E-state index contributed by atoms with van der Waals surface area (Å²) in [6, 6.07) is 33.6. The van der Waals surface area contributed by atoms with E-state index in [9.17, 15) is 9.59 Å². The lowest BCUT2D eigenvalue weighted by atomic mass is 9.99. The van der Waals surface area contributed by atoms with Gasteiger partial charge in [0.15, 0.2) is 5.16 Å². The molecule has 0 saturated carbocycles. The Morgan fingerprint density at radius 3 is 2.17 bits per heavy atom. The van der Waals surface area contributed by atoms with Crippen LogP contribution in [0.2, 0.25) is 5.02 Å². The van der Waals surface area contributed by atoms with Crippen LogP contribution in [0.25, 0.3) is 16.6 Å². The Bertz CT molecular complexity index is 1530. The van der Waals surface area contributed by atoms with E-state index >= 15 is 0 Å². The van der Waals surface area contributed by atoms with Crippen LogP contribution in [0.1, 0.15) is 17.2 Å². The Morgan fingerprint density at radius 2 is 1.50 bits per heavy atom. The van der Waals surface area contributed by atoms with Crippen molar-refractivity contribution in [3.8, 4) is 5.69 Å². The van der Waals surface area contributed by atoms with Gasteiger partial charge in [-0.3, -0.25) is 14.2 Å². The van der Waals surface area contributed by atoms with Gasteiger partial charge in [0.05, 0.1) is 28.4 Å². The molecular formula is C29H22ClN3O2S. The number of thioether (sulfide) groups is 1. The van der Waals surface area contributed by atoms with Gasteiger partial charge in [-0.1, -0.05) is 102 Å². The molecule has 5 rings (SSSR count). The molecule has 0 bridgehead atoms. The fourth-order valence-electron chi connectivity index (χ4n) is 4.03. The molecule has 0 spiro atoms. The molecule has 5 nitrogen and oxygen atoms in total. The lowest BCUT2D eigenvalue weighted by Crippen LogP contribution is -2.31. The van der Waals surface area contributed by atoms with E-state index in [2.05, 4.69) is 5.32 Å². The van der Waals surface area contributed by atoms with Gasteiger partial charge in [0.2, 0.25) is 5.91 Å². The van der Waals surface area contributed by atoms with E-state index in [1.54, 1.807) is 42.5 Å². The molecule has 0 aliphatic rings. The SMILES string of the molecule is O=C(CSc1nc2ccccc2c(=O)n1-c1cccc(Cl)c1)NC(c1ccccc1)c1ccccc1. The van der Waals surface area contributed by atoms with Crippen LogP contribution >= 0.6 is 23.4 Å². The van der Waals surface area contributed by atoms with Gasteiger partial charge in [0.1, 0.15) is 0 Å². The summed E-state index contributed by atoms with van der Waals surface area (Å²) in [4.78, 5) is 31.3. The number of para-hydroxylation sites is 1. The second-order valence-corrected chi connectivity index (χ2v) is 9.52. The molecule has 4 aromatic carbocycles. The Hall–Kier alpha value is -3.87. The van der Waals surface area contributed by atoms with E-state index in [0.29, 0.717) is 26.8 Å². The van der Waals surface area contributed by atoms with E-state index < -0.39 is 0 Å². The van der Waals surface area contributed by atoms with Gasteiger partial charge < -0.3 is 5.32 Å². The first-order chi connectivity index (χ1) is 17.6. The smallest absolute Gasteiger partial charge is 0.266 e. The normalized spacial score (nSPS) is 11.1. The number of aromatic nitrogens is 2. The van der Waals surface area contributed by atoms with Gasteiger partial charge in [0, 0.05) is 5.02 Å². The molecule has 0 aliphatic carbocycles. The predicted molar refractivity (Wildman–Crippen MR) is 146 cm³/mol. The predicted octanol–water partition coefficient (Wildman–Crippen LogP) is 6.04. The standard InChI is InChI=1S/C29H22ClN3O2S/c30-22-14-9-15-23(18-22)33-28(35)24-16-7-8-17-25(24)31-29(33)36-19-26(34)32-27(20-10-3-1-4-11-20)21-12-5-2-6-13-21/h1-18,27H,19H2,(H,32,34). The number of hydrogen-bond acceptors (Lipinski definition) is 4. The number of hydrogen-bond donors (Lipinski definition) is 1. The molecule has 36 heavy (non-hydrogen) atoms. The van der Waals surface area contributed by atoms with Crippen LogP contribution in [-0.2, 0) is 4.79 Å². The Labute approximate surface area is 217 Å². The van der Waals surface area contributed by atoms with E-state index in [1.807, 2.05) is 66.7 Å². The zero-order chi connectivity index (χ0) is 24.9. The number of amides is 1. The molecule has 0 radical (unpaired) electrons. The monoisotopic (exact) mass is 511 g/mol. The van der Waals surface area contributed by atoms with Gasteiger partial charge in [-0.25, -0.2) is 4.98 Å². The van der Waals surface area contributed by atoms with Gasteiger partial charge in [-0.05, 0) is 41.5 Å². The highest BCUT2D eigenvalue weighted by atomic mass is 35.5. The van der Waals surface area contributed by atoms with Crippen molar-refractivity contribution in [3.05, 3.63) is 136 Å². The number of nitrogens with one attached hydrogen (secondary N) is 1. The topological polar surface area (TPSA) is 64.0 Å². The minimum absolute atomic E-state index is 0.0848. The summed E-state index contributed by atoms with van der Waals surface area (Å²) in [5, 5.41) is 4.58. The second kappa shape index (κ2) is 10.8. The molecule has 1 aromatic heterocycles. The Balaban J connectivity index is 1.45. The summed E-state index contributed by atoms with van der Waals surface area (Å²) in [6.45, 7) is 0. The average Bonchev–Trinajstić information content (AvgIpc) is 2.91. The van der Waals surface area contributed by atoms with Crippen LogP contribution in [0.15, 0.2) is 119 Å². The van der Waals surface area contributed by atoms with Gasteiger partial charge in [-0.2, -0.15) is 0 Å². The Kier molecular flexibility index (Phi) is 7.16. The van der Waals surface area contributed by atoms with Gasteiger partial charge in [0.25, 0.3) is 5.56 Å². The number of fused-ring (bicyclic) bond motifs is 1. The molecule has 0 aliphatic heterocycles. The van der Waals surface area contributed by atoms with Crippen molar-refractivity contribution in [2.24, 2.45) is 0 Å². The number of carbonyl (C=O) groups is 1. The molecule has 178 valence electrons. The third-order valence-electron chi connectivity index (χ3n) is 5.71. The van der Waals surface area contributed by atoms with Gasteiger partial charge in [-0.15, -0.1) is 0 Å². The zero-order valence-corrected chi connectivity index (χ0v) is 20.7. The first-order valence-electron chi connectivity index (χ1n) is 11.4. The molecule has 1 N–H and O–H groups in total. The summed E-state index contributed by atoms with van der Waals surface area (Å²) < 4.78 is 1.51. The van der Waals surface area contributed by atoms with E-state index in [-0.39, 0.29) is 23.3 Å². The molecule has 0 fully saturated rings. The third-order valence-corrected chi connectivity index (χ3v) is 6.89. The maximum atomic E-state index is 13.4. The molecule has 0 unspecified atom stereocenters. The van der Waals surface area contributed by atoms with Crippen molar-refractivity contribution in [3.63, 3.8) is 0 Å². The van der Waals surface area contributed by atoms with Gasteiger partial charge >= 0.3 is 0 Å². The molecular weight excluding hydrogens is 490 g/mol. The van der Waals surface area contributed by atoms with Crippen molar-refractivity contribution in [2.75, 3.05) is 5.75 Å². The molecule has 7 heteroatoms. The van der Waals surface area contributed by atoms with Crippen LogP contribution in [0.5, 0.6) is 0 Å². The number of carbonyl (C=O) groups excluding carboxylic acids is 1. The number of nitrogens with zero attached hydrogens (tertiary/aromatic N) is 2. The van der Waals surface area contributed by atoms with Crippen molar-refractivity contribution in [1.82, 2.24) is 14.9 Å². The maximum Gasteiger partial charge on any atom is 0.266 e. The number of rotatable bonds is 7. The van der Waals surface area contributed by atoms with Crippen molar-refractivity contribution in [2.45, 2.75) is 11.2 Å². The zero-order valence-electron chi connectivity index (χ0n) is 19.2. The largest absolute Gasteiger partial charge is 0.344 e. The van der Waals surface area contributed by atoms with Crippen LogP contribution < -0.4 is 10.9 Å². The molecule has 0 atom stereocenters. The van der Waals surface area contributed by atoms with E-state index in [0.717, 1.165) is 11.1 Å². The van der Waals surface area contributed by atoms with Crippen LogP contribution in [0, 0.1) is 0 Å². The highest BCUT2D eigenvalue weighted by molar-refractivity contribution is 7.99. The average molecular weight is 512 g/mol. The van der Waals surface area contributed by atoms with Crippen molar-refractivity contribution >= 4 is 40.2 Å². The molecule has 5 aromatic rings. The van der Waals surface area contributed by atoms with E-state index in [1.165, 1.54) is 16.3 Å². The summed E-state index contributed by atoms with van der Waals surface area (Å²) in [6.07, 6.45) is 0. The molecule has 1 amide bonds. The summed E-state index contributed by atoms with van der Waals surface area (Å²) in [7, 11) is 0. The summed E-state index contributed by atoms with van der Waals surface area (Å²) in [5.74, 6) is -0.0839. The summed E-state index contributed by atoms with van der Waals surface area (Å²) in [5.41, 5.74) is 2.94. The van der Waals surface area contributed by atoms with Crippen LogP contribution in [0.4, 0.5) is 0 Å². The fraction of sp³-hybridized carbons (Fsp3) is 0.0690. The maximum absolute atomic E-state index is 13.4. The minimum Gasteiger partial charge on any atom is -0.344 e. The number of halogens is 1. The lowest BCUT2D eigenvalue weighted by molar-refractivity contribution is -0.119. The third kappa shape index (κ3) is 5.20. The highest BCUT2D eigenvalue weighted by Gasteiger charge is 2.19. The van der Waals surface area contributed by atoms with Crippen LogP contribution in [0.3, 0.4) is 0 Å². The van der Waals surface area contributed by atoms with E-state index in [4.69, 9.17) is 16.6 Å². The first-order valence-corrected chi connectivity index (χ1v) is 12.8. The van der Waals surface area contributed by atoms with Crippen molar-refractivity contribution in [1.29, 1.82) is 0 Å². The lowest BCUT2D eigenvalue weighted by Gasteiger charge is -2.20. The molecule has 0 saturated heterocycles.